The molecule has 0 amide bonds. The topological polar surface area (TPSA) is 61.8 Å². The number of oxime groups is 1. The van der Waals surface area contributed by atoms with Crippen LogP contribution in [0.1, 0.15) is 5.56 Å². The van der Waals surface area contributed by atoms with Gasteiger partial charge in [0, 0.05) is 23.3 Å². The van der Waals surface area contributed by atoms with E-state index in [9.17, 15) is 4.39 Å². The van der Waals surface area contributed by atoms with Crippen LogP contribution in [0.2, 0.25) is 5.02 Å². The molecule has 2 aromatic carbocycles. The molecular formula is C14H13ClFN3O. The Bertz CT molecular complexity index is 643. The molecule has 0 saturated heterocycles. The molecule has 0 bridgehead atoms. The van der Waals surface area contributed by atoms with Gasteiger partial charge < -0.3 is 15.8 Å². The van der Waals surface area contributed by atoms with Crippen LogP contribution >= 0.6 is 11.6 Å². The van der Waals surface area contributed by atoms with Gasteiger partial charge in [0.15, 0.2) is 5.84 Å². The van der Waals surface area contributed by atoms with Crippen LogP contribution in [0.5, 0.6) is 0 Å². The van der Waals surface area contributed by atoms with E-state index in [0.29, 0.717) is 16.3 Å². The fraction of sp³-hybridized carbons (Fsp3) is 0.0714. The lowest BCUT2D eigenvalue weighted by molar-refractivity contribution is 0.318. The van der Waals surface area contributed by atoms with Crippen molar-refractivity contribution in [3.63, 3.8) is 0 Å². The number of benzene rings is 2. The van der Waals surface area contributed by atoms with Crippen LogP contribution in [0.25, 0.3) is 0 Å². The smallest absolute Gasteiger partial charge is 0.172 e. The number of nitrogens with zero attached hydrogens (tertiary/aromatic N) is 2. The normalized spacial score (nSPS) is 11.4. The molecular weight excluding hydrogens is 281 g/mol. The molecule has 6 heteroatoms. The summed E-state index contributed by atoms with van der Waals surface area (Å²) in [5.41, 5.74) is 7.59. The molecule has 0 radical (unpaired) electrons. The fourth-order valence-electron chi connectivity index (χ4n) is 1.86. The predicted octanol–water partition coefficient (Wildman–Crippen LogP) is 3.34. The summed E-state index contributed by atoms with van der Waals surface area (Å²) in [6.07, 6.45) is 0. The minimum atomic E-state index is -0.315. The Labute approximate surface area is 120 Å². The summed E-state index contributed by atoms with van der Waals surface area (Å²) in [6, 6.07) is 11.0. The van der Waals surface area contributed by atoms with Crippen molar-refractivity contribution >= 4 is 28.8 Å². The van der Waals surface area contributed by atoms with Crippen molar-refractivity contribution in [1.29, 1.82) is 0 Å². The van der Waals surface area contributed by atoms with Gasteiger partial charge in [0.25, 0.3) is 0 Å². The van der Waals surface area contributed by atoms with Gasteiger partial charge in [0.2, 0.25) is 0 Å². The highest BCUT2D eigenvalue weighted by molar-refractivity contribution is 6.31. The van der Waals surface area contributed by atoms with E-state index < -0.39 is 0 Å². The van der Waals surface area contributed by atoms with Crippen molar-refractivity contribution < 1.29 is 9.60 Å². The first-order chi connectivity index (χ1) is 9.52. The standard InChI is InChI=1S/C14H13ClFN3O/c1-19(11-5-3-10(16)4-6-11)13-8-9(15)2-7-12(13)14(17)18-20/h2-8,20H,1H3,(H2,17,18). The number of amidine groups is 1. The fourth-order valence-corrected chi connectivity index (χ4v) is 2.02. The van der Waals surface area contributed by atoms with E-state index in [1.165, 1.54) is 12.1 Å². The zero-order valence-corrected chi connectivity index (χ0v) is 11.5. The Morgan fingerprint density at radius 2 is 1.90 bits per heavy atom. The third-order valence-corrected chi connectivity index (χ3v) is 3.15. The second-order valence-electron chi connectivity index (χ2n) is 4.18. The van der Waals surface area contributed by atoms with Crippen molar-refractivity contribution in [3.05, 3.63) is 58.9 Å². The van der Waals surface area contributed by atoms with Crippen LogP contribution < -0.4 is 10.6 Å². The van der Waals surface area contributed by atoms with Crippen LogP contribution in [0, 0.1) is 5.82 Å². The summed E-state index contributed by atoms with van der Waals surface area (Å²) in [5, 5.41) is 12.4. The Balaban J connectivity index is 2.50. The third-order valence-electron chi connectivity index (χ3n) is 2.92. The monoisotopic (exact) mass is 293 g/mol. The molecule has 0 atom stereocenters. The summed E-state index contributed by atoms with van der Waals surface area (Å²) in [5.74, 6) is -0.337. The van der Waals surface area contributed by atoms with Crippen LogP contribution in [0.4, 0.5) is 15.8 Å². The van der Waals surface area contributed by atoms with Gasteiger partial charge in [-0.25, -0.2) is 4.39 Å². The highest BCUT2D eigenvalue weighted by Crippen LogP contribution is 2.29. The second kappa shape index (κ2) is 5.79. The predicted molar refractivity (Wildman–Crippen MR) is 78.4 cm³/mol. The summed E-state index contributed by atoms with van der Waals surface area (Å²) in [6.45, 7) is 0. The summed E-state index contributed by atoms with van der Waals surface area (Å²) in [4.78, 5) is 1.78. The first kappa shape index (κ1) is 14.1. The molecule has 0 aliphatic heterocycles. The quantitative estimate of drug-likeness (QED) is 0.395. The Morgan fingerprint density at radius 1 is 1.25 bits per heavy atom. The highest BCUT2D eigenvalue weighted by atomic mass is 35.5. The van der Waals surface area contributed by atoms with Gasteiger partial charge in [-0.05, 0) is 42.5 Å². The van der Waals surface area contributed by atoms with Gasteiger partial charge in [0.05, 0.1) is 5.69 Å². The highest BCUT2D eigenvalue weighted by Gasteiger charge is 2.13. The van der Waals surface area contributed by atoms with Crippen LogP contribution in [0.15, 0.2) is 47.6 Å². The first-order valence-electron chi connectivity index (χ1n) is 5.79. The molecule has 2 rings (SSSR count). The molecule has 104 valence electrons. The number of hydrogen-bond donors (Lipinski definition) is 2. The van der Waals surface area contributed by atoms with Crippen LogP contribution in [-0.4, -0.2) is 18.1 Å². The van der Waals surface area contributed by atoms with E-state index in [-0.39, 0.29) is 11.7 Å². The largest absolute Gasteiger partial charge is 0.409 e. The summed E-state index contributed by atoms with van der Waals surface area (Å²) >= 11 is 5.99. The number of halogens is 2. The zero-order chi connectivity index (χ0) is 14.7. The maximum Gasteiger partial charge on any atom is 0.172 e. The van der Waals surface area contributed by atoms with Gasteiger partial charge in [-0.15, -0.1) is 0 Å². The van der Waals surface area contributed by atoms with Crippen molar-refractivity contribution in [2.24, 2.45) is 10.9 Å². The van der Waals surface area contributed by atoms with Crippen molar-refractivity contribution in [2.75, 3.05) is 11.9 Å². The molecule has 4 nitrogen and oxygen atoms in total. The summed E-state index contributed by atoms with van der Waals surface area (Å²) < 4.78 is 13.0. The Hall–Kier alpha value is -2.27. The maximum absolute atomic E-state index is 13.0. The molecule has 2 aromatic rings. The molecule has 0 fully saturated rings. The van der Waals surface area contributed by atoms with Crippen molar-refractivity contribution in [2.45, 2.75) is 0 Å². The van der Waals surface area contributed by atoms with E-state index in [0.717, 1.165) is 5.69 Å². The zero-order valence-electron chi connectivity index (χ0n) is 10.7. The molecule has 0 heterocycles. The number of anilines is 2. The molecule has 0 aromatic heterocycles. The number of rotatable bonds is 3. The van der Waals surface area contributed by atoms with E-state index in [1.54, 1.807) is 42.3 Å². The molecule has 0 unspecified atom stereocenters. The molecule has 0 saturated carbocycles. The van der Waals surface area contributed by atoms with E-state index in [2.05, 4.69) is 5.16 Å². The van der Waals surface area contributed by atoms with Gasteiger partial charge >= 0.3 is 0 Å². The van der Waals surface area contributed by atoms with Crippen molar-refractivity contribution in [3.8, 4) is 0 Å². The van der Waals surface area contributed by atoms with Gasteiger partial charge in [-0.3, -0.25) is 0 Å². The molecule has 0 aliphatic carbocycles. The van der Waals surface area contributed by atoms with Crippen LogP contribution in [0.3, 0.4) is 0 Å². The SMILES string of the molecule is CN(c1ccc(F)cc1)c1cc(Cl)ccc1C(N)=NO. The van der Waals surface area contributed by atoms with Crippen LogP contribution in [-0.2, 0) is 0 Å². The van der Waals surface area contributed by atoms with E-state index in [1.807, 2.05) is 0 Å². The Kier molecular flexibility index (Phi) is 4.10. The first-order valence-corrected chi connectivity index (χ1v) is 6.17. The average Bonchev–Trinajstić information content (AvgIpc) is 2.46. The lowest BCUT2D eigenvalue weighted by Gasteiger charge is -2.22. The number of hydrogen-bond acceptors (Lipinski definition) is 3. The maximum atomic E-state index is 13.0. The molecule has 0 aliphatic rings. The molecule has 3 N–H and O–H groups in total. The number of nitrogens with two attached hydrogens (primary N) is 1. The molecule has 20 heavy (non-hydrogen) atoms. The van der Waals surface area contributed by atoms with Crippen molar-refractivity contribution in [1.82, 2.24) is 0 Å². The Morgan fingerprint density at radius 3 is 2.50 bits per heavy atom. The molecule has 0 spiro atoms. The van der Waals surface area contributed by atoms with Gasteiger partial charge in [-0.2, -0.15) is 0 Å². The minimum absolute atomic E-state index is 0.0226. The minimum Gasteiger partial charge on any atom is -0.409 e. The van der Waals surface area contributed by atoms with Gasteiger partial charge in [-0.1, -0.05) is 16.8 Å². The summed E-state index contributed by atoms with van der Waals surface area (Å²) in [7, 11) is 1.78. The third kappa shape index (κ3) is 2.83. The second-order valence-corrected chi connectivity index (χ2v) is 4.62. The van der Waals surface area contributed by atoms with E-state index >= 15 is 0 Å². The van der Waals surface area contributed by atoms with E-state index in [4.69, 9.17) is 22.5 Å². The average molecular weight is 294 g/mol. The lowest BCUT2D eigenvalue weighted by atomic mass is 10.1. The lowest BCUT2D eigenvalue weighted by Crippen LogP contribution is -2.19. The van der Waals surface area contributed by atoms with Gasteiger partial charge in [0.1, 0.15) is 5.82 Å².